The minimum Gasteiger partial charge on any atom is -0.493 e. The molecule has 0 fully saturated rings. The quantitative estimate of drug-likeness (QED) is 0.827. The van der Waals surface area contributed by atoms with Crippen molar-refractivity contribution in [3.8, 4) is 11.5 Å². The molecule has 1 aliphatic rings. The molecule has 1 amide bonds. The topological polar surface area (TPSA) is 50.8 Å². The second-order valence-electron chi connectivity index (χ2n) is 6.49. The molecule has 0 aromatic heterocycles. The van der Waals surface area contributed by atoms with Gasteiger partial charge in [0.05, 0.1) is 12.6 Å². The van der Waals surface area contributed by atoms with Crippen LogP contribution in [0, 0.1) is 5.82 Å². The Bertz CT molecular complexity index is 762. The van der Waals surface area contributed by atoms with E-state index >= 15 is 0 Å². The number of carbonyl (C=O) groups excluding carboxylic acids is 1. The summed E-state index contributed by atoms with van der Waals surface area (Å²) in [6.07, 6.45) is 0.918. The number of fused-ring (bicyclic) bond motifs is 1. The van der Waals surface area contributed by atoms with Crippen LogP contribution in [0.2, 0.25) is 0 Å². The van der Waals surface area contributed by atoms with E-state index in [1.807, 2.05) is 26.2 Å². The summed E-state index contributed by atoms with van der Waals surface area (Å²) in [6, 6.07) is 11.8. The monoisotopic (exact) mass is 358 g/mol. The van der Waals surface area contributed by atoms with Gasteiger partial charge >= 0.3 is 0 Å². The van der Waals surface area contributed by atoms with Gasteiger partial charge in [0.25, 0.3) is 5.91 Å². The van der Waals surface area contributed by atoms with Crippen molar-refractivity contribution < 1.29 is 18.7 Å². The van der Waals surface area contributed by atoms with Gasteiger partial charge in [0, 0.05) is 13.0 Å². The van der Waals surface area contributed by atoms with Gasteiger partial charge in [-0.1, -0.05) is 12.1 Å². The zero-order valence-electron chi connectivity index (χ0n) is 15.0. The molecule has 1 N–H and O–H groups in total. The average Bonchev–Trinajstić information content (AvgIpc) is 3.09. The maximum Gasteiger partial charge on any atom is 0.258 e. The third kappa shape index (κ3) is 4.52. The molecule has 1 atom stereocenters. The Balaban J connectivity index is 1.55. The molecule has 0 saturated carbocycles. The highest BCUT2D eigenvalue weighted by Crippen LogP contribution is 2.29. The van der Waals surface area contributed by atoms with E-state index < -0.39 is 0 Å². The maximum atomic E-state index is 12.9. The van der Waals surface area contributed by atoms with Gasteiger partial charge in [-0.15, -0.1) is 0 Å². The first-order chi connectivity index (χ1) is 12.5. The van der Waals surface area contributed by atoms with E-state index in [1.165, 1.54) is 29.8 Å². The van der Waals surface area contributed by atoms with Gasteiger partial charge in [-0.05, 0) is 55.6 Å². The predicted molar refractivity (Wildman–Crippen MR) is 97.0 cm³/mol. The predicted octanol–water partition coefficient (Wildman–Crippen LogP) is 2.56. The Labute approximate surface area is 152 Å². The van der Waals surface area contributed by atoms with Crippen molar-refractivity contribution in [2.45, 2.75) is 12.5 Å². The Hall–Kier alpha value is -2.60. The Morgan fingerprint density at radius 2 is 2.04 bits per heavy atom. The molecule has 1 unspecified atom stereocenters. The SMILES string of the molecule is CN(C)C(CNC(=O)COc1ccc(F)cc1)c1ccc2c(c1)CCO2. The van der Waals surface area contributed by atoms with Crippen molar-refractivity contribution in [3.63, 3.8) is 0 Å². The van der Waals surface area contributed by atoms with E-state index in [9.17, 15) is 9.18 Å². The van der Waals surface area contributed by atoms with Crippen LogP contribution < -0.4 is 14.8 Å². The fourth-order valence-electron chi connectivity index (χ4n) is 2.95. The first-order valence-electron chi connectivity index (χ1n) is 8.60. The number of likely N-dealkylation sites (N-methyl/N-ethyl adjacent to an activating group) is 1. The molecular formula is C20H23FN2O3. The van der Waals surface area contributed by atoms with E-state index in [0.29, 0.717) is 12.3 Å². The molecule has 3 rings (SSSR count). The molecule has 0 spiro atoms. The van der Waals surface area contributed by atoms with Gasteiger partial charge in [-0.2, -0.15) is 0 Å². The van der Waals surface area contributed by atoms with Gasteiger partial charge in [0.1, 0.15) is 17.3 Å². The molecular weight excluding hydrogens is 335 g/mol. The minimum atomic E-state index is -0.338. The number of carbonyl (C=O) groups is 1. The summed E-state index contributed by atoms with van der Waals surface area (Å²) in [5.74, 6) is 0.855. The number of hydrogen-bond donors (Lipinski definition) is 1. The molecule has 5 nitrogen and oxygen atoms in total. The first-order valence-corrected chi connectivity index (χ1v) is 8.60. The molecule has 6 heteroatoms. The van der Waals surface area contributed by atoms with Crippen LogP contribution in [0.4, 0.5) is 4.39 Å². The number of halogens is 1. The Kier molecular flexibility index (Phi) is 5.73. The highest BCUT2D eigenvalue weighted by molar-refractivity contribution is 5.77. The van der Waals surface area contributed by atoms with Crippen LogP contribution in [-0.2, 0) is 11.2 Å². The van der Waals surface area contributed by atoms with E-state index in [2.05, 4.69) is 16.3 Å². The molecule has 0 bridgehead atoms. The van der Waals surface area contributed by atoms with Crippen molar-refractivity contribution in [2.24, 2.45) is 0 Å². The number of nitrogens with zero attached hydrogens (tertiary/aromatic N) is 1. The summed E-state index contributed by atoms with van der Waals surface area (Å²) in [5.41, 5.74) is 2.35. The van der Waals surface area contributed by atoms with E-state index in [4.69, 9.17) is 9.47 Å². The largest absolute Gasteiger partial charge is 0.493 e. The first kappa shape index (κ1) is 18.2. The molecule has 2 aromatic carbocycles. The third-order valence-electron chi connectivity index (χ3n) is 4.40. The fraction of sp³-hybridized carbons (Fsp3) is 0.350. The highest BCUT2D eigenvalue weighted by Gasteiger charge is 2.19. The molecule has 0 saturated heterocycles. The molecule has 0 radical (unpaired) electrons. The zero-order chi connectivity index (χ0) is 18.5. The van der Waals surface area contributed by atoms with Crippen LogP contribution in [0.1, 0.15) is 17.2 Å². The van der Waals surface area contributed by atoms with Crippen LogP contribution in [0.3, 0.4) is 0 Å². The van der Waals surface area contributed by atoms with Crippen molar-refractivity contribution in [1.82, 2.24) is 10.2 Å². The summed E-state index contributed by atoms with van der Waals surface area (Å²) in [5, 5.41) is 2.90. The lowest BCUT2D eigenvalue weighted by molar-refractivity contribution is -0.123. The Morgan fingerprint density at radius 1 is 1.27 bits per heavy atom. The van der Waals surface area contributed by atoms with Crippen LogP contribution >= 0.6 is 0 Å². The van der Waals surface area contributed by atoms with Crippen molar-refractivity contribution in [3.05, 3.63) is 59.4 Å². The van der Waals surface area contributed by atoms with E-state index in [-0.39, 0.29) is 24.4 Å². The minimum absolute atomic E-state index is 0.0515. The van der Waals surface area contributed by atoms with Gasteiger partial charge in [0.2, 0.25) is 0 Å². The number of amides is 1. The number of ether oxygens (including phenoxy) is 2. The van der Waals surface area contributed by atoms with Crippen LogP contribution in [0.15, 0.2) is 42.5 Å². The van der Waals surface area contributed by atoms with Crippen LogP contribution in [0.25, 0.3) is 0 Å². The zero-order valence-corrected chi connectivity index (χ0v) is 15.0. The standard InChI is InChI=1S/C20H23FN2O3/c1-23(2)18(14-3-8-19-15(11-14)9-10-25-19)12-22-20(24)13-26-17-6-4-16(21)5-7-17/h3-8,11,18H,9-10,12-13H2,1-2H3,(H,22,24). The van der Waals surface area contributed by atoms with Crippen molar-refractivity contribution in [1.29, 1.82) is 0 Å². The number of hydrogen-bond acceptors (Lipinski definition) is 4. The normalized spacial score (nSPS) is 13.8. The highest BCUT2D eigenvalue weighted by atomic mass is 19.1. The molecule has 26 heavy (non-hydrogen) atoms. The van der Waals surface area contributed by atoms with Gasteiger partial charge in [0.15, 0.2) is 6.61 Å². The number of benzene rings is 2. The second-order valence-corrected chi connectivity index (χ2v) is 6.49. The summed E-state index contributed by atoms with van der Waals surface area (Å²) in [6.45, 7) is 1.09. The lowest BCUT2D eigenvalue weighted by Gasteiger charge is -2.25. The number of rotatable bonds is 7. The summed E-state index contributed by atoms with van der Waals surface area (Å²) in [7, 11) is 3.96. The van der Waals surface area contributed by atoms with Crippen molar-refractivity contribution in [2.75, 3.05) is 33.9 Å². The maximum absolute atomic E-state index is 12.9. The van der Waals surface area contributed by atoms with Gasteiger partial charge in [-0.3, -0.25) is 4.79 Å². The van der Waals surface area contributed by atoms with E-state index in [0.717, 1.165) is 24.3 Å². The Morgan fingerprint density at radius 3 is 2.77 bits per heavy atom. The van der Waals surface area contributed by atoms with E-state index in [1.54, 1.807) is 0 Å². The van der Waals surface area contributed by atoms with Gasteiger partial charge < -0.3 is 19.7 Å². The second kappa shape index (κ2) is 8.19. The molecule has 138 valence electrons. The molecule has 1 aliphatic heterocycles. The van der Waals surface area contributed by atoms with Crippen LogP contribution in [-0.4, -0.2) is 44.7 Å². The molecule has 2 aromatic rings. The van der Waals surface area contributed by atoms with Gasteiger partial charge in [-0.25, -0.2) is 4.39 Å². The average molecular weight is 358 g/mol. The summed E-state index contributed by atoms with van der Waals surface area (Å²) >= 11 is 0. The summed E-state index contributed by atoms with van der Waals surface area (Å²) in [4.78, 5) is 14.1. The van der Waals surface area contributed by atoms with Crippen molar-refractivity contribution >= 4 is 5.91 Å². The molecule has 1 heterocycles. The fourth-order valence-corrected chi connectivity index (χ4v) is 2.95. The summed E-state index contributed by atoms with van der Waals surface area (Å²) < 4.78 is 23.8. The lowest BCUT2D eigenvalue weighted by Crippen LogP contribution is -2.36. The molecule has 0 aliphatic carbocycles. The van der Waals surface area contributed by atoms with Crippen LogP contribution in [0.5, 0.6) is 11.5 Å². The third-order valence-corrected chi connectivity index (χ3v) is 4.40. The number of nitrogens with one attached hydrogen (secondary N) is 1. The lowest BCUT2D eigenvalue weighted by atomic mass is 10.0. The smallest absolute Gasteiger partial charge is 0.258 e.